The van der Waals surface area contributed by atoms with Gasteiger partial charge in [0.25, 0.3) is 5.56 Å². The highest BCUT2D eigenvalue weighted by Crippen LogP contribution is 2.40. The molecule has 26 heavy (non-hydrogen) atoms. The van der Waals surface area contributed by atoms with E-state index in [0.29, 0.717) is 28.3 Å². The Bertz CT molecular complexity index is 1220. The van der Waals surface area contributed by atoms with Gasteiger partial charge >= 0.3 is 0 Å². The number of hydrogen-bond acceptors (Lipinski definition) is 4. The minimum absolute atomic E-state index is 0.272. The molecule has 8 heteroatoms. The molecule has 1 aliphatic carbocycles. The molecular formula is C18H17FN6O. The van der Waals surface area contributed by atoms with Gasteiger partial charge in [-0.25, -0.2) is 9.37 Å². The second-order valence-corrected chi connectivity index (χ2v) is 7.10. The summed E-state index contributed by atoms with van der Waals surface area (Å²) in [7, 11) is 1.66. The highest BCUT2D eigenvalue weighted by Gasteiger charge is 2.33. The van der Waals surface area contributed by atoms with E-state index < -0.39 is 5.82 Å². The van der Waals surface area contributed by atoms with E-state index in [9.17, 15) is 9.18 Å². The molecule has 1 fully saturated rings. The molecule has 0 N–H and O–H groups in total. The van der Waals surface area contributed by atoms with Gasteiger partial charge in [-0.3, -0.25) is 13.8 Å². The van der Waals surface area contributed by atoms with Gasteiger partial charge in [0.05, 0.1) is 22.8 Å². The van der Waals surface area contributed by atoms with Crippen molar-refractivity contribution in [1.82, 2.24) is 28.9 Å². The fraction of sp³-hybridized carbons (Fsp3) is 0.333. The second kappa shape index (κ2) is 5.23. The molecule has 0 bridgehead atoms. The molecule has 0 radical (unpaired) electrons. The van der Waals surface area contributed by atoms with E-state index in [-0.39, 0.29) is 5.56 Å². The fourth-order valence-electron chi connectivity index (χ4n) is 3.66. The third-order valence-electron chi connectivity index (χ3n) is 5.36. The van der Waals surface area contributed by atoms with Crippen molar-refractivity contribution < 1.29 is 4.39 Å². The molecule has 1 aromatic carbocycles. The Balaban J connectivity index is 1.76. The summed E-state index contributed by atoms with van der Waals surface area (Å²) >= 11 is 0. The molecule has 1 aliphatic rings. The summed E-state index contributed by atoms with van der Waals surface area (Å²) in [6.45, 7) is 2.24. The van der Waals surface area contributed by atoms with E-state index in [4.69, 9.17) is 0 Å². The van der Waals surface area contributed by atoms with Crippen LogP contribution in [-0.2, 0) is 13.5 Å². The number of imidazole rings is 1. The molecule has 132 valence electrons. The molecule has 0 aliphatic heterocycles. The van der Waals surface area contributed by atoms with Gasteiger partial charge in [0.15, 0.2) is 11.5 Å². The zero-order chi connectivity index (χ0) is 18.0. The Hall–Kier alpha value is -3.03. The van der Waals surface area contributed by atoms with Crippen LogP contribution in [0.5, 0.6) is 0 Å². The summed E-state index contributed by atoms with van der Waals surface area (Å²) in [5.41, 5.74) is 1.92. The molecule has 0 amide bonds. The number of fused-ring (bicyclic) bond motifs is 3. The van der Waals surface area contributed by atoms with Crippen LogP contribution in [0.4, 0.5) is 4.39 Å². The third kappa shape index (κ3) is 2.11. The number of nitrogens with zero attached hydrogens (tertiary/aromatic N) is 6. The minimum Gasteiger partial charge on any atom is -0.294 e. The van der Waals surface area contributed by atoms with Gasteiger partial charge in [0.1, 0.15) is 12.1 Å². The van der Waals surface area contributed by atoms with Crippen molar-refractivity contribution in [2.24, 2.45) is 18.9 Å². The van der Waals surface area contributed by atoms with Crippen molar-refractivity contribution in [2.45, 2.75) is 19.8 Å². The van der Waals surface area contributed by atoms with Crippen LogP contribution < -0.4 is 5.56 Å². The average molecular weight is 352 g/mol. The van der Waals surface area contributed by atoms with Crippen molar-refractivity contribution in [3.05, 3.63) is 52.6 Å². The molecular weight excluding hydrogens is 335 g/mol. The molecule has 2 unspecified atom stereocenters. The topological polar surface area (TPSA) is 70.0 Å². The van der Waals surface area contributed by atoms with E-state index in [1.54, 1.807) is 34.7 Å². The zero-order valence-electron chi connectivity index (χ0n) is 14.4. The molecule has 2 atom stereocenters. The number of aryl methyl sites for hydroxylation is 1. The van der Waals surface area contributed by atoms with Gasteiger partial charge in [-0.15, -0.1) is 5.10 Å². The Kier molecular flexibility index (Phi) is 3.07. The van der Waals surface area contributed by atoms with E-state index in [1.807, 2.05) is 0 Å². The van der Waals surface area contributed by atoms with E-state index in [1.165, 1.54) is 23.1 Å². The summed E-state index contributed by atoms with van der Waals surface area (Å²) < 4.78 is 18.6. The van der Waals surface area contributed by atoms with Crippen LogP contribution in [0.3, 0.4) is 0 Å². The number of benzene rings is 1. The first kappa shape index (κ1) is 15.2. The van der Waals surface area contributed by atoms with Crippen LogP contribution >= 0.6 is 0 Å². The molecule has 0 saturated heterocycles. The lowest BCUT2D eigenvalue weighted by Gasteiger charge is -2.09. The normalized spacial score (nSPS) is 19.5. The molecule has 1 saturated carbocycles. The maximum atomic E-state index is 13.6. The van der Waals surface area contributed by atoms with E-state index in [0.717, 1.165) is 18.0 Å². The summed E-state index contributed by atoms with van der Waals surface area (Å²) in [5, 5.41) is 8.55. The maximum absolute atomic E-state index is 13.6. The van der Waals surface area contributed by atoms with Crippen molar-refractivity contribution in [1.29, 1.82) is 0 Å². The Labute approximate surface area is 147 Å². The number of rotatable bonds is 3. The average Bonchev–Trinajstić information content (AvgIpc) is 3.02. The minimum atomic E-state index is -0.439. The molecule has 3 aromatic heterocycles. The standard InChI is InChI=1S/C18H17FN6O/c1-10-5-11(10)6-13-8-21-22-25(13)16-17-23(2)18(26)14-7-12(19)3-4-15(14)24(17)9-20-16/h3-4,7-11H,5-6H2,1-2H3. The van der Waals surface area contributed by atoms with Gasteiger partial charge < -0.3 is 0 Å². The molecule has 5 rings (SSSR count). The summed E-state index contributed by atoms with van der Waals surface area (Å²) in [4.78, 5) is 17.2. The lowest BCUT2D eigenvalue weighted by molar-refractivity contribution is 0.629. The molecule has 7 nitrogen and oxygen atoms in total. The van der Waals surface area contributed by atoms with Crippen LogP contribution in [0.25, 0.3) is 22.4 Å². The van der Waals surface area contributed by atoms with Crippen molar-refractivity contribution in [3.8, 4) is 5.82 Å². The maximum Gasteiger partial charge on any atom is 0.261 e. The van der Waals surface area contributed by atoms with Crippen molar-refractivity contribution >= 4 is 16.6 Å². The predicted octanol–water partition coefficient (Wildman–Crippen LogP) is 2.10. The third-order valence-corrected chi connectivity index (χ3v) is 5.36. The van der Waals surface area contributed by atoms with E-state index in [2.05, 4.69) is 22.2 Å². The van der Waals surface area contributed by atoms with Crippen LogP contribution in [-0.4, -0.2) is 28.9 Å². The first-order valence-electron chi connectivity index (χ1n) is 8.60. The van der Waals surface area contributed by atoms with Crippen LogP contribution in [0, 0.1) is 17.7 Å². The Morgan fingerprint density at radius 1 is 1.35 bits per heavy atom. The molecule has 0 spiro atoms. The Morgan fingerprint density at radius 3 is 2.92 bits per heavy atom. The largest absolute Gasteiger partial charge is 0.294 e. The Morgan fingerprint density at radius 2 is 2.15 bits per heavy atom. The van der Waals surface area contributed by atoms with Crippen LogP contribution in [0.1, 0.15) is 19.0 Å². The molecule has 3 heterocycles. The number of hydrogen-bond donors (Lipinski definition) is 0. The number of aromatic nitrogens is 6. The van der Waals surface area contributed by atoms with Gasteiger partial charge in [0.2, 0.25) is 0 Å². The zero-order valence-corrected chi connectivity index (χ0v) is 14.4. The number of halogens is 1. The van der Waals surface area contributed by atoms with Crippen LogP contribution in [0.15, 0.2) is 35.5 Å². The van der Waals surface area contributed by atoms with Crippen LogP contribution in [0.2, 0.25) is 0 Å². The quantitative estimate of drug-likeness (QED) is 0.566. The lowest BCUT2D eigenvalue weighted by atomic mass is 10.2. The smallest absolute Gasteiger partial charge is 0.261 e. The first-order chi connectivity index (χ1) is 12.5. The van der Waals surface area contributed by atoms with Gasteiger partial charge in [-0.05, 0) is 42.9 Å². The summed E-state index contributed by atoms with van der Waals surface area (Å²) in [6.07, 6.45) is 5.49. The van der Waals surface area contributed by atoms with Gasteiger partial charge in [-0.1, -0.05) is 12.1 Å². The summed E-state index contributed by atoms with van der Waals surface area (Å²) in [6, 6.07) is 4.20. The van der Waals surface area contributed by atoms with Crippen molar-refractivity contribution in [3.63, 3.8) is 0 Å². The highest BCUT2D eigenvalue weighted by atomic mass is 19.1. The van der Waals surface area contributed by atoms with Gasteiger partial charge in [0, 0.05) is 7.05 Å². The molecule has 4 aromatic rings. The monoisotopic (exact) mass is 352 g/mol. The highest BCUT2D eigenvalue weighted by molar-refractivity contribution is 5.82. The van der Waals surface area contributed by atoms with Crippen molar-refractivity contribution in [2.75, 3.05) is 0 Å². The SMILES string of the molecule is CC1CC1Cc1cnnn1-c1ncn2c3ccc(F)cc3c(=O)n(C)c12. The second-order valence-electron chi connectivity index (χ2n) is 7.10. The summed E-state index contributed by atoms with van der Waals surface area (Å²) in [5.74, 6) is 1.48. The first-order valence-corrected chi connectivity index (χ1v) is 8.60. The van der Waals surface area contributed by atoms with Gasteiger partial charge in [-0.2, -0.15) is 4.68 Å². The predicted molar refractivity (Wildman–Crippen MR) is 93.8 cm³/mol. The fourth-order valence-corrected chi connectivity index (χ4v) is 3.66. The van der Waals surface area contributed by atoms with E-state index >= 15 is 0 Å². The lowest BCUT2D eigenvalue weighted by Crippen LogP contribution is -2.21.